The van der Waals surface area contributed by atoms with E-state index in [-0.39, 0.29) is 11.9 Å². The van der Waals surface area contributed by atoms with Crippen LogP contribution in [0.1, 0.15) is 11.7 Å². The highest BCUT2D eigenvalue weighted by Gasteiger charge is 2.22. The van der Waals surface area contributed by atoms with Crippen molar-refractivity contribution in [3.8, 4) is 5.75 Å². The zero-order valence-electron chi connectivity index (χ0n) is 9.96. The molecule has 1 fully saturated rings. The molecule has 1 aliphatic heterocycles. The molecule has 1 aromatic carbocycles. The Balaban J connectivity index is 2.39. The van der Waals surface area contributed by atoms with Gasteiger partial charge in [-0.25, -0.2) is 4.39 Å². The molecule has 1 atom stereocenters. The molecular weight excluding hydrogens is 241 g/mol. The summed E-state index contributed by atoms with van der Waals surface area (Å²) in [6, 6.07) is 2.99. The standard InChI is InChI=1S/C12H16FNO2S/c1-15-12-9(10-7-14-3-4-16-10)5-8(13)6-11(12)17-2/h5-6,10,14H,3-4,7H2,1-2H3. The summed E-state index contributed by atoms with van der Waals surface area (Å²) in [7, 11) is 1.60. The lowest BCUT2D eigenvalue weighted by Crippen LogP contribution is -2.33. The van der Waals surface area contributed by atoms with Gasteiger partial charge >= 0.3 is 0 Å². The van der Waals surface area contributed by atoms with E-state index in [2.05, 4.69) is 5.32 Å². The molecule has 0 radical (unpaired) electrons. The number of benzene rings is 1. The largest absolute Gasteiger partial charge is 0.495 e. The summed E-state index contributed by atoms with van der Waals surface area (Å²) in [6.45, 7) is 2.16. The number of methoxy groups -OCH3 is 1. The van der Waals surface area contributed by atoms with Gasteiger partial charge < -0.3 is 14.8 Å². The van der Waals surface area contributed by atoms with Crippen LogP contribution >= 0.6 is 11.8 Å². The fourth-order valence-electron chi connectivity index (χ4n) is 1.96. The third kappa shape index (κ3) is 2.73. The summed E-state index contributed by atoms with van der Waals surface area (Å²) in [5, 5.41) is 3.23. The van der Waals surface area contributed by atoms with Gasteiger partial charge in [-0.15, -0.1) is 11.8 Å². The maximum atomic E-state index is 13.5. The molecule has 0 aliphatic carbocycles. The van der Waals surface area contributed by atoms with Crippen LogP contribution in [0.2, 0.25) is 0 Å². The molecule has 1 aliphatic rings. The summed E-state index contributed by atoms with van der Waals surface area (Å²) >= 11 is 1.47. The Morgan fingerprint density at radius 1 is 1.53 bits per heavy atom. The summed E-state index contributed by atoms with van der Waals surface area (Å²) in [4.78, 5) is 0.802. The minimum Gasteiger partial charge on any atom is -0.495 e. The summed E-state index contributed by atoms with van der Waals surface area (Å²) in [6.07, 6.45) is 1.77. The average molecular weight is 257 g/mol. The number of morpholine rings is 1. The zero-order chi connectivity index (χ0) is 12.3. The highest BCUT2D eigenvalue weighted by atomic mass is 32.2. The highest BCUT2D eigenvalue weighted by molar-refractivity contribution is 7.98. The van der Waals surface area contributed by atoms with Gasteiger partial charge in [0.1, 0.15) is 11.6 Å². The fourth-order valence-corrected chi connectivity index (χ4v) is 2.58. The van der Waals surface area contributed by atoms with Gasteiger partial charge in [-0.3, -0.25) is 0 Å². The van der Waals surface area contributed by atoms with Gasteiger partial charge in [-0.05, 0) is 18.4 Å². The van der Waals surface area contributed by atoms with Crippen LogP contribution in [-0.2, 0) is 4.74 Å². The molecule has 0 amide bonds. The van der Waals surface area contributed by atoms with Gasteiger partial charge in [0.2, 0.25) is 0 Å². The van der Waals surface area contributed by atoms with Gasteiger partial charge in [0, 0.05) is 18.7 Å². The average Bonchev–Trinajstić information content (AvgIpc) is 2.38. The predicted molar refractivity (Wildman–Crippen MR) is 66.3 cm³/mol. The van der Waals surface area contributed by atoms with E-state index in [1.54, 1.807) is 7.11 Å². The molecule has 3 nitrogen and oxygen atoms in total. The zero-order valence-corrected chi connectivity index (χ0v) is 10.8. The van der Waals surface area contributed by atoms with Crippen LogP contribution in [-0.4, -0.2) is 33.1 Å². The number of hydrogen-bond donors (Lipinski definition) is 1. The third-order valence-electron chi connectivity index (χ3n) is 2.75. The molecule has 17 heavy (non-hydrogen) atoms. The third-order valence-corrected chi connectivity index (χ3v) is 3.49. The van der Waals surface area contributed by atoms with Crippen LogP contribution in [0, 0.1) is 5.82 Å². The Labute approximate surface area is 105 Å². The van der Waals surface area contributed by atoms with Crippen molar-refractivity contribution in [1.29, 1.82) is 0 Å². The maximum Gasteiger partial charge on any atom is 0.138 e. The van der Waals surface area contributed by atoms with Crippen LogP contribution in [0.5, 0.6) is 5.75 Å². The first-order valence-corrected chi connectivity index (χ1v) is 6.72. The summed E-state index contributed by atoms with van der Waals surface area (Å²) in [5.41, 5.74) is 0.782. The van der Waals surface area contributed by atoms with E-state index in [1.165, 1.54) is 23.9 Å². The number of thioether (sulfide) groups is 1. The van der Waals surface area contributed by atoms with E-state index in [0.29, 0.717) is 18.9 Å². The molecule has 94 valence electrons. The van der Waals surface area contributed by atoms with Crippen molar-refractivity contribution in [2.75, 3.05) is 33.1 Å². The summed E-state index contributed by atoms with van der Waals surface area (Å²) in [5.74, 6) is 0.465. The molecule has 0 bridgehead atoms. The van der Waals surface area contributed by atoms with Crippen molar-refractivity contribution < 1.29 is 13.9 Å². The van der Waals surface area contributed by atoms with Crippen molar-refractivity contribution in [1.82, 2.24) is 5.32 Å². The maximum absolute atomic E-state index is 13.5. The SMILES string of the molecule is COc1c(SC)cc(F)cc1C1CNCCO1. The molecule has 2 rings (SSSR count). The van der Waals surface area contributed by atoms with Crippen molar-refractivity contribution in [3.05, 3.63) is 23.5 Å². The Hall–Kier alpha value is -0.780. The van der Waals surface area contributed by atoms with Crippen LogP contribution < -0.4 is 10.1 Å². The second-order valence-corrected chi connectivity index (χ2v) is 4.64. The number of hydrogen-bond acceptors (Lipinski definition) is 4. The van der Waals surface area contributed by atoms with Crippen molar-refractivity contribution in [2.24, 2.45) is 0 Å². The predicted octanol–water partition coefficient (Wildman–Crippen LogP) is 2.22. The molecule has 1 saturated heterocycles. The van der Waals surface area contributed by atoms with Crippen molar-refractivity contribution >= 4 is 11.8 Å². The molecule has 0 spiro atoms. The van der Waals surface area contributed by atoms with Crippen LogP contribution in [0.15, 0.2) is 17.0 Å². The Morgan fingerprint density at radius 3 is 2.94 bits per heavy atom. The Bertz CT molecular complexity index is 394. The molecule has 1 aromatic rings. The second-order valence-electron chi connectivity index (χ2n) is 3.79. The number of ether oxygens (including phenoxy) is 2. The fraction of sp³-hybridized carbons (Fsp3) is 0.500. The topological polar surface area (TPSA) is 30.5 Å². The highest BCUT2D eigenvalue weighted by Crippen LogP contribution is 2.37. The first-order valence-electron chi connectivity index (χ1n) is 5.50. The van der Waals surface area contributed by atoms with E-state index < -0.39 is 0 Å². The van der Waals surface area contributed by atoms with Gasteiger partial charge in [-0.2, -0.15) is 0 Å². The molecule has 1 unspecified atom stereocenters. The van der Waals surface area contributed by atoms with Crippen LogP contribution in [0.25, 0.3) is 0 Å². The minimum absolute atomic E-state index is 0.139. The monoisotopic (exact) mass is 257 g/mol. The summed E-state index contributed by atoms with van der Waals surface area (Å²) < 4.78 is 24.6. The lowest BCUT2D eigenvalue weighted by Gasteiger charge is -2.26. The number of halogens is 1. The second kappa shape index (κ2) is 5.71. The van der Waals surface area contributed by atoms with Crippen molar-refractivity contribution in [2.45, 2.75) is 11.0 Å². The van der Waals surface area contributed by atoms with Crippen LogP contribution in [0.4, 0.5) is 4.39 Å². The van der Waals surface area contributed by atoms with Crippen molar-refractivity contribution in [3.63, 3.8) is 0 Å². The number of nitrogens with one attached hydrogen (secondary N) is 1. The van der Waals surface area contributed by atoms with E-state index >= 15 is 0 Å². The first-order chi connectivity index (χ1) is 8.26. The van der Waals surface area contributed by atoms with Gasteiger partial charge in [0.05, 0.1) is 24.7 Å². The van der Waals surface area contributed by atoms with Gasteiger partial charge in [0.15, 0.2) is 0 Å². The lowest BCUT2D eigenvalue weighted by molar-refractivity contribution is 0.0258. The van der Waals surface area contributed by atoms with E-state index in [0.717, 1.165) is 17.0 Å². The molecule has 5 heteroatoms. The molecular formula is C12H16FNO2S. The smallest absolute Gasteiger partial charge is 0.138 e. The molecule has 0 saturated carbocycles. The normalized spacial score (nSPS) is 20.3. The quantitative estimate of drug-likeness (QED) is 0.841. The molecule has 1 heterocycles. The van der Waals surface area contributed by atoms with E-state index in [4.69, 9.17) is 9.47 Å². The minimum atomic E-state index is -0.251. The Kier molecular flexibility index (Phi) is 4.25. The van der Waals surface area contributed by atoms with Crippen LogP contribution in [0.3, 0.4) is 0 Å². The molecule has 0 aromatic heterocycles. The lowest BCUT2D eigenvalue weighted by atomic mass is 10.1. The van der Waals surface area contributed by atoms with E-state index in [1.807, 2.05) is 6.26 Å². The molecule has 1 N–H and O–H groups in total. The number of rotatable bonds is 3. The van der Waals surface area contributed by atoms with Gasteiger partial charge in [0.25, 0.3) is 0 Å². The first kappa shape index (κ1) is 12.7. The Morgan fingerprint density at radius 2 is 2.35 bits per heavy atom. The van der Waals surface area contributed by atoms with E-state index in [9.17, 15) is 4.39 Å². The van der Waals surface area contributed by atoms with Gasteiger partial charge in [-0.1, -0.05) is 0 Å².